The quantitative estimate of drug-likeness (QED) is 0.848. The third-order valence-corrected chi connectivity index (χ3v) is 2.99. The number of carbonyl (C=O) groups excluding carboxylic acids is 2. The SMILES string of the molecule is CC(C)Cc1ccc(CC(=O)NCC(=O)NC(C)(C)C)cc1. The van der Waals surface area contributed by atoms with Crippen LogP contribution in [-0.2, 0) is 22.4 Å². The molecular formula is C18H28N2O2. The van der Waals surface area contributed by atoms with Crippen LogP contribution in [0.3, 0.4) is 0 Å². The van der Waals surface area contributed by atoms with Crippen LogP contribution in [0.5, 0.6) is 0 Å². The number of hydrogen-bond donors (Lipinski definition) is 2. The number of benzene rings is 1. The molecule has 0 aliphatic rings. The summed E-state index contributed by atoms with van der Waals surface area (Å²) in [6.45, 7) is 10.1. The van der Waals surface area contributed by atoms with Crippen molar-refractivity contribution in [3.05, 3.63) is 35.4 Å². The molecule has 0 heterocycles. The fourth-order valence-electron chi connectivity index (χ4n) is 2.15. The zero-order valence-electron chi connectivity index (χ0n) is 14.3. The van der Waals surface area contributed by atoms with Crippen molar-refractivity contribution >= 4 is 11.8 Å². The summed E-state index contributed by atoms with van der Waals surface area (Å²) in [6.07, 6.45) is 1.34. The molecule has 0 radical (unpaired) electrons. The summed E-state index contributed by atoms with van der Waals surface area (Å²) in [5, 5.41) is 5.46. The van der Waals surface area contributed by atoms with Gasteiger partial charge in [-0.3, -0.25) is 9.59 Å². The first-order chi connectivity index (χ1) is 10.2. The van der Waals surface area contributed by atoms with E-state index >= 15 is 0 Å². The molecule has 4 nitrogen and oxygen atoms in total. The average Bonchev–Trinajstić information content (AvgIpc) is 2.36. The summed E-state index contributed by atoms with van der Waals surface area (Å²) in [7, 11) is 0. The van der Waals surface area contributed by atoms with Crippen molar-refractivity contribution in [1.82, 2.24) is 10.6 Å². The van der Waals surface area contributed by atoms with Crippen LogP contribution >= 0.6 is 0 Å². The summed E-state index contributed by atoms with van der Waals surface area (Å²) in [5.74, 6) is 0.310. The van der Waals surface area contributed by atoms with Gasteiger partial charge in [0.2, 0.25) is 11.8 Å². The lowest BCUT2D eigenvalue weighted by Gasteiger charge is -2.20. The largest absolute Gasteiger partial charge is 0.350 e. The molecule has 0 aliphatic carbocycles. The molecule has 1 aromatic carbocycles. The van der Waals surface area contributed by atoms with Crippen molar-refractivity contribution in [3.8, 4) is 0 Å². The molecule has 0 atom stereocenters. The maximum absolute atomic E-state index is 11.9. The molecule has 122 valence electrons. The van der Waals surface area contributed by atoms with Gasteiger partial charge < -0.3 is 10.6 Å². The van der Waals surface area contributed by atoms with E-state index < -0.39 is 0 Å². The molecule has 0 fully saturated rings. The summed E-state index contributed by atoms with van der Waals surface area (Å²) >= 11 is 0. The highest BCUT2D eigenvalue weighted by molar-refractivity contribution is 5.85. The topological polar surface area (TPSA) is 58.2 Å². The van der Waals surface area contributed by atoms with Crippen molar-refractivity contribution in [2.75, 3.05) is 6.54 Å². The Labute approximate surface area is 133 Å². The van der Waals surface area contributed by atoms with Crippen LogP contribution < -0.4 is 10.6 Å². The summed E-state index contributed by atoms with van der Waals surface area (Å²) < 4.78 is 0. The smallest absolute Gasteiger partial charge is 0.239 e. The lowest BCUT2D eigenvalue weighted by Crippen LogP contribution is -2.46. The number of rotatable bonds is 6. The lowest BCUT2D eigenvalue weighted by atomic mass is 10.0. The normalized spacial score (nSPS) is 11.4. The van der Waals surface area contributed by atoms with Gasteiger partial charge in [-0.25, -0.2) is 0 Å². The molecule has 0 aromatic heterocycles. The van der Waals surface area contributed by atoms with E-state index in [4.69, 9.17) is 0 Å². The van der Waals surface area contributed by atoms with Gasteiger partial charge in [0.05, 0.1) is 13.0 Å². The maximum Gasteiger partial charge on any atom is 0.239 e. The predicted octanol–water partition coefficient (Wildman–Crippen LogP) is 2.46. The van der Waals surface area contributed by atoms with Crippen molar-refractivity contribution in [2.24, 2.45) is 5.92 Å². The lowest BCUT2D eigenvalue weighted by molar-refractivity contribution is -0.126. The second-order valence-electron chi connectivity index (χ2n) is 7.17. The van der Waals surface area contributed by atoms with Crippen LogP contribution in [0.15, 0.2) is 24.3 Å². The Kier molecular flexibility index (Phi) is 6.60. The third-order valence-electron chi connectivity index (χ3n) is 2.99. The first kappa shape index (κ1) is 18.2. The molecule has 0 bridgehead atoms. The van der Waals surface area contributed by atoms with Crippen LogP contribution in [0, 0.1) is 5.92 Å². The van der Waals surface area contributed by atoms with Crippen LogP contribution in [-0.4, -0.2) is 23.9 Å². The Morgan fingerprint density at radius 2 is 1.55 bits per heavy atom. The molecule has 2 N–H and O–H groups in total. The van der Waals surface area contributed by atoms with Crippen molar-refractivity contribution < 1.29 is 9.59 Å². The zero-order chi connectivity index (χ0) is 16.8. The van der Waals surface area contributed by atoms with Crippen LogP contribution in [0.4, 0.5) is 0 Å². The molecule has 0 saturated heterocycles. The van der Waals surface area contributed by atoms with Crippen LogP contribution in [0.25, 0.3) is 0 Å². The molecule has 0 spiro atoms. The molecule has 4 heteroatoms. The predicted molar refractivity (Wildman–Crippen MR) is 89.6 cm³/mol. The molecule has 0 aliphatic heterocycles. The van der Waals surface area contributed by atoms with Gasteiger partial charge in [0.25, 0.3) is 0 Å². The summed E-state index contributed by atoms with van der Waals surface area (Å²) in [6, 6.07) is 8.09. The molecule has 1 aromatic rings. The fourth-order valence-corrected chi connectivity index (χ4v) is 2.15. The molecule has 2 amide bonds. The number of carbonyl (C=O) groups is 2. The maximum atomic E-state index is 11.9. The second-order valence-corrected chi connectivity index (χ2v) is 7.17. The first-order valence-corrected chi connectivity index (χ1v) is 7.81. The second kappa shape index (κ2) is 7.97. The minimum Gasteiger partial charge on any atom is -0.350 e. The highest BCUT2D eigenvalue weighted by Gasteiger charge is 2.14. The van der Waals surface area contributed by atoms with Crippen LogP contribution in [0.1, 0.15) is 45.7 Å². The number of hydrogen-bond acceptors (Lipinski definition) is 2. The Morgan fingerprint density at radius 3 is 2.05 bits per heavy atom. The molecule has 0 saturated carbocycles. The minimum absolute atomic E-state index is 0.0154. The Bertz CT molecular complexity index is 499. The monoisotopic (exact) mass is 304 g/mol. The van der Waals surface area contributed by atoms with Crippen molar-refractivity contribution in [3.63, 3.8) is 0 Å². The summed E-state index contributed by atoms with van der Waals surface area (Å²) in [4.78, 5) is 23.5. The highest BCUT2D eigenvalue weighted by Crippen LogP contribution is 2.10. The molecule has 22 heavy (non-hydrogen) atoms. The van der Waals surface area contributed by atoms with Gasteiger partial charge in [0.1, 0.15) is 0 Å². The third kappa shape index (κ3) is 7.81. The van der Waals surface area contributed by atoms with Gasteiger partial charge >= 0.3 is 0 Å². The Hall–Kier alpha value is -1.84. The highest BCUT2D eigenvalue weighted by atomic mass is 16.2. The van der Waals surface area contributed by atoms with E-state index in [-0.39, 0.29) is 23.9 Å². The number of nitrogens with one attached hydrogen (secondary N) is 2. The van der Waals surface area contributed by atoms with Crippen molar-refractivity contribution in [2.45, 2.75) is 53.0 Å². The first-order valence-electron chi connectivity index (χ1n) is 7.81. The van der Waals surface area contributed by atoms with E-state index in [9.17, 15) is 9.59 Å². The molecule has 1 rings (SSSR count). The van der Waals surface area contributed by atoms with Crippen molar-refractivity contribution in [1.29, 1.82) is 0 Å². The summed E-state index contributed by atoms with van der Waals surface area (Å²) in [5.41, 5.74) is 1.96. The average molecular weight is 304 g/mol. The van der Waals surface area contributed by atoms with Gasteiger partial charge in [-0.1, -0.05) is 38.1 Å². The van der Waals surface area contributed by atoms with E-state index in [2.05, 4.69) is 36.6 Å². The molecule has 0 unspecified atom stereocenters. The van der Waals surface area contributed by atoms with Gasteiger partial charge in [0, 0.05) is 5.54 Å². The molecular weight excluding hydrogens is 276 g/mol. The van der Waals surface area contributed by atoms with E-state index in [0.717, 1.165) is 12.0 Å². The van der Waals surface area contributed by atoms with E-state index in [1.165, 1.54) is 5.56 Å². The zero-order valence-corrected chi connectivity index (χ0v) is 14.3. The standard InChI is InChI=1S/C18H28N2O2/c1-13(2)10-14-6-8-15(9-7-14)11-16(21)19-12-17(22)20-18(3,4)5/h6-9,13H,10-12H2,1-5H3,(H,19,21)(H,20,22). The van der Waals surface area contributed by atoms with E-state index in [1.807, 2.05) is 32.9 Å². The fraction of sp³-hybridized carbons (Fsp3) is 0.556. The van der Waals surface area contributed by atoms with Gasteiger partial charge in [-0.15, -0.1) is 0 Å². The van der Waals surface area contributed by atoms with Gasteiger partial charge in [-0.2, -0.15) is 0 Å². The van der Waals surface area contributed by atoms with E-state index in [0.29, 0.717) is 12.3 Å². The number of amides is 2. The van der Waals surface area contributed by atoms with Gasteiger partial charge in [0.15, 0.2) is 0 Å². The van der Waals surface area contributed by atoms with Gasteiger partial charge in [-0.05, 0) is 44.2 Å². The van der Waals surface area contributed by atoms with Crippen LogP contribution in [0.2, 0.25) is 0 Å². The minimum atomic E-state index is -0.284. The Balaban J connectivity index is 2.40. The van der Waals surface area contributed by atoms with E-state index in [1.54, 1.807) is 0 Å². The Morgan fingerprint density at radius 1 is 1.00 bits per heavy atom.